The van der Waals surface area contributed by atoms with E-state index in [1.54, 1.807) is 47.6 Å². The first kappa shape index (κ1) is 16.0. The number of benzene rings is 1. The standard InChI is InChI=1S/C18H19N3O3/c19-17(22)13-5-4-10-21(12-13)18(23)15-7-1-2-8-16(15)24-14-6-3-9-20-11-14/h1-3,6-9,11,13H,4-5,10,12H2,(H2,19,22)/t13-/m1/s1. The van der Waals surface area contributed by atoms with Gasteiger partial charge in [-0.25, -0.2) is 0 Å². The van der Waals surface area contributed by atoms with Crippen LogP contribution in [0.3, 0.4) is 0 Å². The highest BCUT2D eigenvalue weighted by molar-refractivity contribution is 5.97. The number of piperidine rings is 1. The molecule has 2 amide bonds. The third kappa shape index (κ3) is 3.53. The molecule has 2 heterocycles. The lowest BCUT2D eigenvalue weighted by atomic mass is 9.97. The Balaban J connectivity index is 1.81. The van der Waals surface area contributed by atoms with Crippen molar-refractivity contribution in [2.24, 2.45) is 11.7 Å². The second-order valence-corrected chi connectivity index (χ2v) is 5.78. The van der Waals surface area contributed by atoms with Crippen LogP contribution in [0.25, 0.3) is 0 Å². The maximum atomic E-state index is 12.9. The van der Waals surface area contributed by atoms with Gasteiger partial charge < -0.3 is 15.4 Å². The summed E-state index contributed by atoms with van der Waals surface area (Å²) in [5.74, 6) is 0.241. The van der Waals surface area contributed by atoms with E-state index in [2.05, 4.69) is 4.98 Å². The van der Waals surface area contributed by atoms with E-state index in [0.29, 0.717) is 30.2 Å². The number of nitrogens with zero attached hydrogens (tertiary/aromatic N) is 2. The fourth-order valence-corrected chi connectivity index (χ4v) is 2.83. The predicted octanol–water partition coefficient (Wildman–Crippen LogP) is 2.21. The first-order chi connectivity index (χ1) is 11.6. The number of amides is 2. The van der Waals surface area contributed by atoms with Crippen molar-refractivity contribution in [2.75, 3.05) is 13.1 Å². The number of pyridine rings is 1. The topological polar surface area (TPSA) is 85.5 Å². The molecule has 1 aliphatic rings. The molecule has 0 bridgehead atoms. The number of ether oxygens (including phenoxy) is 1. The third-order valence-electron chi connectivity index (χ3n) is 4.09. The van der Waals surface area contributed by atoms with Gasteiger partial charge in [0.1, 0.15) is 11.5 Å². The Morgan fingerprint density at radius 2 is 2.04 bits per heavy atom. The van der Waals surface area contributed by atoms with Gasteiger partial charge in [-0.05, 0) is 37.1 Å². The maximum absolute atomic E-state index is 12.9. The van der Waals surface area contributed by atoms with Gasteiger partial charge in [-0.15, -0.1) is 0 Å². The zero-order valence-electron chi connectivity index (χ0n) is 13.2. The van der Waals surface area contributed by atoms with Crippen molar-refractivity contribution < 1.29 is 14.3 Å². The van der Waals surface area contributed by atoms with Crippen LogP contribution in [0.1, 0.15) is 23.2 Å². The molecule has 2 aromatic rings. The van der Waals surface area contributed by atoms with Gasteiger partial charge in [0.25, 0.3) is 5.91 Å². The molecule has 2 N–H and O–H groups in total. The summed E-state index contributed by atoms with van der Waals surface area (Å²) in [5, 5.41) is 0. The van der Waals surface area contributed by atoms with Gasteiger partial charge in [-0.3, -0.25) is 14.6 Å². The van der Waals surface area contributed by atoms with Crippen LogP contribution in [-0.2, 0) is 4.79 Å². The quantitative estimate of drug-likeness (QED) is 0.934. The van der Waals surface area contributed by atoms with Gasteiger partial charge >= 0.3 is 0 Å². The van der Waals surface area contributed by atoms with E-state index in [4.69, 9.17) is 10.5 Å². The highest BCUT2D eigenvalue weighted by Gasteiger charge is 2.28. The minimum absolute atomic E-state index is 0.152. The van der Waals surface area contributed by atoms with Crippen LogP contribution in [0, 0.1) is 5.92 Å². The van der Waals surface area contributed by atoms with Crippen LogP contribution < -0.4 is 10.5 Å². The lowest BCUT2D eigenvalue weighted by molar-refractivity contribution is -0.123. The van der Waals surface area contributed by atoms with Crippen LogP contribution in [0.5, 0.6) is 11.5 Å². The summed E-state index contributed by atoms with van der Waals surface area (Å²) >= 11 is 0. The molecule has 0 saturated carbocycles. The molecule has 0 aliphatic carbocycles. The van der Waals surface area contributed by atoms with Crippen LogP contribution in [-0.4, -0.2) is 34.8 Å². The second-order valence-electron chi connectivity index (χ2n) is 5.78. The van der Waals surface area contributed by atoms with E-state index < -0.39 is 0 Å². The van der Waals surface area contributed by atoms with Gasteiger partial charge in [0.05, 0.1) is 17.7 Å². The van der Waals surface area contributed by atoms with E-state index in [1.807, 2.05) is 6.07 Å². The van der Waals surface area contributed by atoms with Gasteiger partial charge in [0.2, 0.25) is 5.91 Å². The van der Waals surface area contributed by atoms with Crippen molar-refractivity contribution >= 4 is 11.8 Å². The minimum atomic E-state index is -0.354. The van der Waals surface area contributed by atoms with Crippen LogP contribution >= 0.6 is 0 Å². The first-order valence-corrected chi connectivity index (χ1v) is 7.90. The third-order valence-corrected chi connectivity index (χ3v) is 4.09. The van der Waals surface area contributed by atoms with Gasteiger partial charge in [0, 0.05) is 19.3 Å². The Morgan fingerprint density at radius 1 is 1.21 bits per heavy atom. The number of para-hydroxylation sites is 1. The monoisotopic (exact) mass is 325 g/mol. The number of likely N-dealkylation sites (tertiary alicyclic amines) is 1. The number of hydrogen-bond donors (Lipinski definition) is 1. The molecular weight excluding hydrogens is 306 g/mol. The van der Waals surface area contributed by atoms with Gasteiger partial charge in [0.15, 0.2) is 0 Å². The molecule has 1 saturated heterocycles. The number of rotatable bonds is 4. The SMILES string of the molecule is NC(=O)[C@@H]1CCCN(C(=O)c2ccccc2Oc2cccnc2)C1. The van der Waals surface area contributed by atoms with Crippen molar-refractivity contribution in [1.82, 2.24) is 9.88 Å². The minimum Gasteiger partial charge on any atom is -0.455 e. The molecule has 1 atom stereocenters. The average Bonchev–Trinajstić information content (AvgIpc) is 2.62. The summed E-state index contributed by atoms with van der Waals surface area (Å²) in [6.07, 6.45) is 4.74. The molecule has 24 heavy (non-hydrogen) atoms. The smallest absolute Gasteiger partial charge is 0.257 e. The second kappa shape index (κ2) is 7.12. The molecule has 0 radical (unpaired) electrons. The Bertz CT molecular complexity index is 733. The predicted molar refractivity (Wildman–Crippen MR) is 88.6 cm³/mol. The lowest BCUT2D eigenvalue weighted by Crippen LogP contribution is -2.44. The Labute approximate surface area is 140 Å². The fourth-order valence-electron chi connectivity index (χ4n) is 2.83. The van der Waals surface area contributed by atoms with Crippen molar-refractivity contribution in [1.29, 1.82) is 0 Å². The summed E-state index contributed by atoms with van der Waals surface area (Å²) in [6, 6.07) is 10.6. The Kier molecular flexibility index (Phi) is 4.74. The number of carbonyl (C=O) groups is 2. The summed E-state index contributed by atoms with van der Waals surface area (Å²) in [5.41, 5.74) is 5.86. The van der Waals surface area contributed by atoms with Crippen molar-refractivity contribution in [3.63, 3.8) is 0 Å². The molecule has 1 aromatic heterocycles. The number of carbonyl (C=O) groups excluding carboxylic acids is 2. The van der Waals surface area contributed by atoms with Crippen LogP contribution in [0.15, 0.2) is 48.8 Å². The number of hydrogen-bond acceptors (Lipinski definition) is 4. The molecule has 124 valence electrons. The summed E-state index contributed by atoms with van der Waals surface area (Å²) in [7, 11) is 0. The highest BCUT2D eigenvalue weighted by Crippen LogP contribution is 2.27. The first-order valence-electron chi connectivity index (χ1n) is 7.90. The maximum Gasteiger partial charge on any atom is 0.257 e. The highest BCUT2D eigenvalue weighted by atomic mass is 16.5. The molecule has 3 rings (SSSR count). The normalized spacial score (nSPS) is 17.3. The zero-order chi connectivity index (χ0) is 16.9. The van der Waals surface area contributed by atoms with E-state index in [9.17, 15) is 9.59 Å². The van der Waals surface area contributed by atoms with Crippen molar-refractivity contribution in [2.45, 2.75) is 12.8 Å². The summed E-state index contributed by atoms with van der Waals surface area (Å²) in [4.78, 5) is 30.0. The van der Waals surface area contributed by atoms with E-state index in [1.165, 1.54) is 0 Å². The lowest BCUT2D eigenvalue weighted by Gasteiger charge is -2.31. The molecule has 1 fully saturated rings. The van der Waals surface area contributed by atoms with Crippen LogP contribution in [0.2, 0.25) is 0 Å². The molecule has 6 nitrogen and oxygen atoms in total. The summed E-state index contributed by atoms with van der Waals surface area (Å²) < 4.78 is 5.79. The largest absolute Gasteiger partial charge is 0.455 e. The number of nitrogens with two attached hydrogens (primary N) is 1. The molecule has 1 aromatic carbocycles. The molecule has 6 heteroatoms. The van der Waals surface area contributed by atoms with Crippen molar-refractivity contribution in [3.05, 3.63) is 54.4 Å². The Morgan fingerprint density at radius 3 is 2.79 bits per heavy atom. The van der Waals surface area contributed by atoms with Gasteiger partial charge in [-0.2, -0.15) is 0 Å². The number of aromatic nitrogens is 1. The zero-order valence-corrected chi connectivity index (χ0v) is 13.2. The molecule has 1 aliphatic heterocycles. The van der Waals surface area contributed by atoms with Crippen LogP contribution in [0.4, 0.5) is 0 Å². The van der Waals surface area contributed by atoms with E-state index >= 15 is 0 Å². The summed E-state index contributed by atoms with van der Waals surface area (Å²) in [6.45, 7) is 0.971. The molecular formula is C18H19N3O3. The van der Waals surface area contributed by atoms with E-state index in [0.717, 1.165) is 12.8 Å². The number of primary amides is 1. The molecule has 0 spiro atoms. The van der Waals surface area contributed by atoms with E-state index in [-0.39, 0.29) is 17.7 Å². The Hall–Kier alpha value is -2.89. The fraction of sp³-hybridized carbons (Fsp3) is 0.278. The van der Waals surface area contributed by atoms with Crippen molar-refractivity contribution in [3.8, 4) is 11.5 Å². The van der Waals surface area contributed by atoms with Gasteiger partial charge in [-0.1, -0.05) is 12.1 Å². The molecule has 0 unspecified atom stereocenters. The average molecular weight is 325 g/mol.